The summed E-state index contributed by atoms with van der Waals surface area (Å²) < 4.78 is 5.15. The molecule has 0 N–H and O–H groups in total. The number of hydrogen-bond acceptors (Lipinski definition) is 2. The first-order valence-electron chi connectivity index (χ1n) is 5.87. The first-order chi connectivity index (χ1) is 7.88. The van der Waals surface area contributed by atoms with Crippen LogP contribution in [-0.4, -0.2) is 38.2 Å². The molecule has 0 amide bonds. The minimum absolute atomic E-state index is 0.926. The fraction of sp³-hybridized carbons (Fsp3) is 0.538. The summed E-state index contributed by atoms with van der Waals surface area (Å²) >= 11 is 0. The van der Waals surface area contributed by atoms with Gasteiger partial charge in [-0.3, -0.25) is 4.90 Å². The van der Waals surface area contributed by atoms with Gasteiger partial charge in [-0.1, -0.05) is 12.1 Å². The van der Waals surface area contributed by atoms with Gasteiger partial charge in [0.1, 0.15) is 5.75 Å². The van der Waals surface area contributed by atoms with Gasteiger partial charge < -0.3 is 4.74 Å². The average molecular weight is 219 g/mol. The fourth-order valence-corrected chi connectivity index (χ4v) is 1.99. The molecule has 0 aromatic heterocycles. The molecule has 1 radical (unpaired) electrons. The maximum atomic E-state index is 5.15. The van der Waals surface area contributed by atoms with Crippen molar-refractivity contribution in [1.29, 1.82) is 0 Å². The highest BCUT2D eigenvalue weighted by Crippen LogP contribution is 2.13. The lowest BCUT2D eigenvalue weighted by Crippen LogP contribution is -2.26. The van der Waals surface area contributed by atoms with E-state index in [2.05, 4.69) is 22.3 Å². The van der Waals surface area contributed by atoms with Crippen molar-refractivity contribution < 1.29 is 4.74 Å². The minimum atomic E-state index is 0.926. The van der Waals surface area contributed by atoms with Crippen LogP contribution in [0.25, 0.3) is 0 Å². The van der Waals surface area contributed by atoms with E-state index in [1.807, 2.05) is 12.1 Å². The number of hydrogen-bond donors (Lipinski definition) is 0. The molecule has 1 aromatic carbocycles. The summed E-state index contributed by atoms with van der Waals surface area (Å²) in [5.41, 5.74) is 1.35. The molecule has 0 atom stereocenters. The van der Waals surface area contributed by atoms with E-state index >= 15 is 0 Å². The molecule has 1 aromatic rings. The zero-order valence-electron chi connectivity index (χ0n) is 9.85. The van der Waals surface area contributed by atoms with E-state index in [0.29, 0.717) is 0 Å². The number of methoxy groups -OCH3 is 1. The lowest BCUT2D eigenvalue weighted by molar-refractivity contribution is 0.284. The molecule has 0 saturated carbocycles. The van der Waals surface area contributed by atoms with E-state index in [1.165, 1.54) is 12.0 Å². The Balaban J connectivity index is 1.91. The molecule has 87 valence electrons. The van der Waals surface area contributed by atoms with Crippen LogP contribution in [0.2, 0.25) is 0 Å². The van der Waals surface area contributed by atoms with Crippen molar-refractivity contribution in [2.75, 3.05) is 33.3 Å². The van der Waals surface area contributed by atoms with E-state index in [9.17, 15) is 0 Å². The Morgan fingerprint density at radius 2 is 2.00 bits per heavy atom. The van der Waals surface area contributed by atoms with Crippen molar-refractivity contribution >= 4 is 0 Å². The quantitative estimate of drug-likeness (QED) is 0.770. The smallest absolute Gasteiger partial charge is 0.118 e. The Morgan fingerprint density at radius 1 is 1.19 bits per heavy atom. The Labute approximate surface area is 97.4 Å². The largest absolute Gasteiger partial charge is 0.497 e. The Bertz CT molecular complexity index is 302. The van der Waals surface area contributed by atoms with Gasteiger partial charge in [0.05, 0.1) is 7.11 Å². The molecule has 3 heteroatoms. The second-order valence-electron chi connectivity index (χ2n) is 4.15. The Hall–Kier alpha value is -1.06. The Morgan fingerprint density at radius 3 is 2.75 bits per heavy atom. The van der Waals surface area contributed by atoms with Gasteiger partial charge in [-0.05, 0) is 30.7 Å². The fourth-order valence-electron chi connectivity index (χ4n) is 1.99. The summed E-state index contributed by atoms with van der Waals surface area (Å²) in [5, 5.41) is 4.43. The first kappa shape index (κ1) is 11.4. The molecule has 2 rings (SSSR count). The van der Waals surface area contributed by atoms with Crippen molar-refractivity contribution in [2.24, 2.45) is 0 Å². The van der Waals surface area contributed by atoms with Gasteiger partial charge in [0.15, 0.2) is 0 Å². The monoisotopic (exact) mass is 219 g/mol. The molecule has 1 saturated heterocycles. The highest BCUT2D eigenvalue weighted by Gasteiger charge is 2.09. The summed E-state index contributed by atoms with van der Waals surface area (Å²) in [6.07, 6.45) is 1.19. The standard InChI is InChI=1S/C13H19N2O/c1-16-13-5-3-12(4-6-13)11-15-9-2-7-14-8-10-15/h3-6H,2,7-11H2,1H3. The molecule has 0 unspecified atom stereocenters. The molecule has 1 aliphatic heterocycles. The topological polar surface area (TPSA) is 26.6 Å². The molecule has 1 heterocycles. The normalized spacial score (nSPS) is 18.1. The summed E-state index contributed by atoms with van der Waals surface area (Å²) in [6, 6.07) is 8.33. The summed E-state index contributed by atoms with van der Waals surface area (Å²) in [5.74, 6) is 0.926. The third-order valence-corrected chi connectivity index (χ3v) is 2.93. The molecular weight excluding hydrogens is 200 g/mol. The summed E-state index contributed by atoms with van der Waals surface area (Å²) in [7, 11) is 1.70. The molecule has 3 nitrogen and oxygen atoms in total. The third-order valence-electron chi connectivity index (χ3n) is 2.93. The van der Waals surface area contributed by atoms with Gasteiger partial charge in [0.25, 0.3) is 0 Å². The van der Waals surface area contributed by atoms with Crippen LogP contribution in [-0.2, 0) is 6.54 Å². The summed E-state index contributed by atoms with van der Waals surface area (Å²) in [4.78, 5) is 2.47. The number of ether oxygens (including phenoxy) is 1. The molecule has 0 aliphatic carbocycles. The van der Waals surface area contributed by atoms with E-state index in [0.717, 1.165) is 38.5 Å². The van der Waals surface area contributed by atoms with E-state index in [4.69, 9.17) is 4.74 Å². The van der Waals surface area contributed by atoms with Crippen LogP contribution < -0.4 is 10.1 Å². The van der Waals surface area contributed by atoms with Crippen molar-refractivity contribution in [2.45, 2.75) is 13.0 Å². The maximum absolute atomic E-state index is 5.15. The maximum Gasteiger partial charge on any atom is 0.118 e. The highest BCUT2D eigenvalue weighted by atomic mass is 16.5. The van der Waals surface area contributed by atoms with Gasteiger partial charge in [-0.25, -0.2) is 5.32 Å². The van der Waals surface area contributed by atoms with Crippen LogP contribution in [0, 0.1) is 0 Å². The second-order valence-corrected chi connectivity index (χ2v) is 4.15. The number of rotatable bonds is 3. The zero-order chi connectivity index (χ0) is 11.2. The van der Waals surface area contributed by atoms with Crippen molar-refractivity contribution in [3.05, 3.63) is 29.8 Å². The lowest BCUT2D eigenvalue weighted by Gasteiger charge is -2.19. The van der Waals surface area contributed by atoms with Crippen LogP contribution in [0.4, 0.5) is 0 Å². The van der Waals surface area contributed by atoms with Crippen molar-refractivity contribution in [1.82, 2.24) is 10.2 Å². The zero-order valence-corrected chi connectivity index (χ0v) is 9.85. The SMILES string of the molecule is COc1ccc(CN2CCC[N]CC2)cc1. The van der Waals surface area contributed by atoms with E-state index in [1.54, 1.807) is 7.11 Å². The molecule has 0 bridgehead atoms. The van der Waals surface area contributed by atoms with Gasteiger partial charge in [0.2, 0.25) is 0 Å². The number of benzene rings is 1. The van der Waals surface area contributed by atoms with Gasteiger partial charge in [-0.2, -0.15) is 0 Å². The minimum Gasteiger partial charge on any atom is -0.497 e. The van der Waals surface area contributed by atoms with Crippen molar-refractivity contribution in [3.63, 3.8) is 0 Å². The molecule has 1 aliphatic rings. The molecule has 0 spiro atoms. The average Bonchev–Trinajstić information content (AvgIpc) is 2.59. The highest BCUT2D eigenvalue weighted by molar-refractivity contribution is 5.27. The van der Waals surface area contributed by atoms with Gasteiger partial charge in [0, 0.05) is 26.2 Å². The first-order valence-corrected chi connectivity index (χ1v) is 5.87. The van der Waals surface area contributed by atoms with Crippen LogP contribution in [0.3, 0.4) is 0 Å². The van der Waals surface area contributed by atoms with Crippen LogP contribution in [0.5, 0.6) is 5.75 Å². The summed E-state index contributed by atoms with van der Waals surface area (Å²) in [6.45, 7) is 5.29. The Kier molecular flexibility index (Phi) is 4.19. The molecule has 16 heavy (non-hydrogen) atoms. The molecule has 1 fully saturated rings. The van der Waals surface area contributed by atoms with Gasteiger partial charge in [-0.15, -0.1) is 0 Å². The van der Waals surface area contributed by atoms with Crippen LogP contribution >= 0.6 is 0 Å². The van der Waals surface area contributed by atoms with Crippen LogP contribution in [0.15, 0.2) is 24.3 Å². The van der Waals surface area contributed by atoms with Gasteiger partial charge >= 0.3 is 0 Å². The van der Waals surface area contributed by atoms with Crippen LogP contribution in [0.1, 0.15) is 12.0 Å². The molecular formula is C13H19N2O. The third kappa shape index (κ3) is 3.22. The predicted molar refractivity (Wildman–Crippen MR) is 64.8 cm³/mol. The predicted octanol–water partition coefficient (Wildman–Crippen LogP) is 1.51. The van der Waals surface area contributed by atoms with Crippen molar-refractivity contribution in [3.8, 4) is 5.75 Å². The lowest BCUT2D eigenvalue weighted by atomic mass is 10.2. The second kappa shape index (κ2) is 5.87. The van der Waals surface area contributed by atoms with E-state index in [-0.39, 0.29) is 0 Å². The van der Waals surface area contributed by atoms with E-state index < -0.39 is 0 Å². The number of nitrogens with zero attached hydrogens (tertiary/aromatic N) is 2.